The zero-order valence-corrected chi connectivity index (χ0v) is 11.6. The standard InChI is InChI=1S/C14H21N3O2/c1-10-3-4-11(2)17(10)9-13(18)16-7-5-12(6-8-16)14(15)19/h3-4,12H,5-9H2,1-2H3,(H2,15,19). The molecule has 1 aromatic rings. The van der Waals surface area contributed by atoms with Crippen molar-refractivity contribution >= 4 is 11.8 Å². The van der Waals surface area contributed by atoms with Gasteiger partial charge in [0, 0.05) is 30.4 Å². The number of nitrogens with zero attached hydrogens (tertiary/aromatic N) is 2. The first-order valence-electron chi connectivity index (χ1n) is 6.69. The van der Waals surface area contributed by atoms with E-state index >= 15 is 0 Å². The van der Waals surface area contributed by atoms with E-state index in [0.717, 1.165) is 11.4 Å². The van der Waals surface area contributed by atoms with Crippen molar-refractivity contribution in [2.24, 2.45) is 11.7 Å². The fourth-order valence-electron chi connectivity index (χ4n) is 2.60. The molecule has 2 heterocycles. The Kier molecular flexibility index (Phi) is 3.93. The van der Waals surface area contributed by atoms with E-state index in [1.54, 1.807) is 0 Å². The molecule has 0 atom stereocenters. The molecule has 0 aliphatic carbocycles. The number of rotatable bonds is 3. The zero-order valence-electron chi connectivity index (χ0n) is 11.6. The first-order valence-corrected chi connectivity index (χ1v) is 6.69. The summed E-state index contributed by atoms with van der Waals surface area (Å²) in [6, 6.07) is 4.03. The Bertz CT molecular complexity index is 465. The third kappa shape index (κ3) is 2.97. The van der Waals surface area contributed by atoms with Crippen LogP contribution in [0.2, 0.25) is 0 Å². The summed E-state index contributed by atoms with van der Waals surface area (Å²) in [5.41, 5.74) is 7.48. The average Bonchev–Trinajstić information content (AvgIpc) is 2.70. The number of carbonyl (C=O) groups is 2. The molecule has 0 bridgehead atoms. The third-order valence-electron chi connectivity index (χ3n) is 3.96. The summed E-state index contributed by atoms with van der Waals surface area (Å²) in [5, 5.41) is 0. The van der Waals surface area contributed by atoms with Crippen molar-refractivity contribution in [2.45, 2.75) is 33.2 Å². The monoisotopic (exact) mass is 263 g/mol. The largest absolute Gasteiger partial charge is 0.369 e. The molecular weight excluding hydrogens is 242 g/mol. The Morgan fingerprint density at radius 3 is 2.21 bits per heavy atom. The first kappa shape index (κ1) is 13.6. The van der Waals surface area contributed by atoms with Gasteiger partial charge in [-0.2, -0.15) is 0 Å². The molecular formula is C14H21N3O2. The van der Waals surface area contributed by atoms with Crippen LogP contribution < -0.4 is 5.73 Å². The van der Waals surface area contributed by atoms with E-state index < -0.39 is 0 Å². The normalized spacial score (nSPS) is 16.6. The molecule has 2 rings (SSSR count). The van der Waals surface area contributed by atoms with Crippen LogP contribution in [0.15, 0.2) is 12.1 Å². The topological polar surface area (TPSA) is 68.3 Å². The van der Waals surface area contributed by atoms with Crippen LogP contribution in [0.25, 0.3) is 0 Å². The quantitative estimate of drug-likeness (QED) is 0.877. The van der Waals surface area contributed by atoms with E-state index in [9.17, 15) is 9.59 Å². The summed E-state index contributed by atoms with van der Waals surface area (Å²) in [6.45, 7) is 5.64. The van der Waals surface area contributed by atoms with Gasteiger partial charge in [-0.25, -0.2) is 0 Å². The van der Waals surface area contributed by atoms with Crippen LogP contribution in [0, 0.1) is 19.8 Å². The van der Waals surface area contributed by atoms with E-state index in [0.29, 0.717) is 32.5 Å². The molecule has 0 unspecified atom stereocenters. The smallest absolute Gasteiger partial charge is 0.242 e. The van der Waals surface area contributed by atoms with Gasteiger partial charge in [0.1, 0.15) is 6.54 Å². The Hall–Kier alpha value is -1.78. The Morgan fingerprint density at radius 1 is 1.21 bits per heavy atom. The van der Waals surface area contributed by atoms with Gasteiger partial charge in [0.15, 0.2) is 0 Å². The average molecular weight is 263 g/mol. The van der Waals surface area contributed by atoms with Gasteiger partial charge in [0.2, 0.25) is 11.8 Å². The van der Waals surface area contributed by atoms with Crippen LogP contribution in [0.5, 0.6) is 0 Å². The van der Waals surface area contributed by atoms with E-state index in [1.165, 1.54) is 0 Å². The highest BCUT2D eigenvalue weighted by molar-refractivity contribution is 5.78. The number of piperidine rings is 1. The van der Waals surface area contributed by atoms with Crippen molar-refractivity contribution in [3.8, 4) is 0 Å². The van der Waals surface area contributed by atoms with Crippen molar-refractivity contribution in [3.05, 3.63) is 23.5 Å². The summed E-state index contributed by atoms with van der Waals surface area (Å²) >= 11 is 0. The van der Waals surface area contributed by atoms with Gasteiger partial charge in [-0.05, 0) is 38.8 Å². The molecule has 0 spiro atoms. The number of aryl methyl sites for hydroxylation is 2. The van der Waals surface area contributed by atoms with Crippen molar-refractivity contribution < 1.29 is 9.59 Å². The Labute approximate surface area is 113 Å². The van der Waals surface area contributed by atoms with Crippen molar-refractivity contribution in [3.63, 3.8) is 0 Å². The highest BCUT2D eigenvalue weighted by atomic mass is 16.2. The number of likely N-dealkylation sites (tertiary alicyclic amines) is 1. The fraction of sp³-hybridized carbons (Fsp3) is 0.571. The Balaban J connectivity index is 1.93. The highest BCUT2D eigenvalue weighted by Crippen LogP contribution is 2.17. The van der Waals surface area contributed by atoms with Crippen LogP contribution in [0.4, 0.5) is 0 Å². The predicted octanol–water partition coefficient (Wildman–Crippen LogP) is 0.829. The number of primary amides is 1. The van der Waals surface area contributed by atoms with Gasteiger partial charge in [0.05, 0.1) is 0 Å². The summed E-state index contributed by atoms with van der Waals surface area (Å²) in [5.74, 6) is -0.200. The number of amides is 2. The lowest BCUT2D eigenvalue weighted by molar-refractivity contribution is -0.135. The molecule has 0 radical (unpaired) electrons. The van der Waals surface area contributed by atoms with Crippen molar-refractivity contribution in [1.82, 2.24) is 9.47 Å². The van der Waals surface area contributed by atoms with Crippen molar-refractivity contribution in [2.75, 3.05) is 13.1 Å². The summed E-state index contributed by atoms with van der Waals surface area (Å²) < 4.78 is 2.02. The second-order valence-corrected chi connectivity index (χ2v) is 5.26. The van der Waals surface area contributed by atoms with Gasteiger partial charge in [-0.3, -0.25) is 9.59 Å². The van der Waals surface area contributed by atoms with Crippen LogP contribution in [-0.4, -0.2) is 34.4 Å². The minimum absolute atomic E-state index is 0.0703. The summed E-state index contributed by atoms with van der Waals surface area (Å²) in [7, 11) is 0. The third-order valence-corrected chi connectivity index (χ3v) is 3.96. The second-order valence-electron chi connectivity index (χ2n) is 5.26. The lowest BCUT2D eigenvalue weighted by atomic mass is 9.96. The van der Waals surface area contributed by atoms with Crippen molar-refractivity contribution in [1.29, 1.82) is 0 Å². The Morgan fingerprint density at radius 2 is 1.74 bits per heavy atom. The lowest BCUT2D eigenvalue weighted by Gasteiger charge is -2.31. The molecule has 19 heavy (non-hydrogen) atoms. The minimum Gasteiger partial charge on any atom is -0.369 e. The number of carbonyl (C=O) groups excluding carboxylic acids is 2. The maximum atomic E-state index is 12.2. The molecule has 2 N–H and O–H groups in total. The van der Waals surface area contributed by atoms with Crippen LogP contribution in [0.3, 0.4) is 0 Å². The molecule has 2 amide bonds. The van der Waals surface area contributed by atoms with Crippen LogP contribution >= 0.6 is 0 Å². The van der Waals surface area contributed by atoms with Gasteiger partial charge < -0.3 is 15.2 Å². The number of nitrogens with two attached hydrogens (primary N) is 1. The van der Waals surface area contributed by atoms with Gasteiger partial charge in [-0.1, -0.05) is 0 Å². The number of aromatic nitrogens is 1. The number of hydrogen-bond donors (Lipinski definition) is 1. The van der Waals surface area contributed by atoms with Gasteiger partial charge >= 0.3 is 0 Å². The SMILES string of the molecule is Cc1ccc(C)n1CC(=O)N1CCC(C(N)=O)CC1. The molecule has 104 valence electrons. The molecule has 1 aliphatic heterocycles. The molecule has 5 nitrogen and oxygen atoms in total. The zero-order chi connectivity index (χ0) is 14.0. The van der Waals surface area contributed by atoms with E-state index in [4.69, 9.17) is 5.73 Å². The molecule has 5 heteroatoms. The van der Waals surface area contributed by atoms with E-state index in [1.807, 2.05) is 35.4 Å². The summed E-state index contributed by atoms with van der Waals surface area (Å²) in [4.78, 5) is 25.2. The fourth-order valence-corrected chi connectivity index (χ4v) is 2.60. The van der Waals surface area contributed by atoms with E-state index in [-0.39, 0.29) is 17.7 Å². The molecule has 1 aromatic heterocycles. The first-order chi connectivity index (χ1) is 8.99. The van der Waals surface area contributed by atoms with Gasteiger partial charge in [-0.15, -0.1) is 0 Å². The molecule has 1 aliphatic rings. The maximum absolute atomic E-state index is 12.2. The highest BCUT2D eigenvalue weighted by Gasteiger charge is 2.26. The summed E-state index contributed by atoms with van der Waals surface area (Å²) in [6.07, 6.45) is 1.37. The van der Waals surface area contributed by atoms with Crippen LogP contribution in [0.1, 0.15) is 24.2 Å². The predicted molar refractivity (Wildman–Crippen MR) is 72.4 cm³/mol. The molecule has 1 fully saturated rings. The number of hydrogen-bond acceptors (Lipinski definition) is 2. The molecule has 1 saturated heterocycles. The molecule has 0 saturated carbocycles. The van der Waals surface area contributed by atoms with Gasteiger partial charge in [0.25, 0.3) is 0 Å². The minimum atomic E-state index is -0.246. The maximum Gasteiger partial charge on any atom is 0.242 e. The molecule has 0 aromatic carbocycles. The van der Waals surface area contributed by atoms with E-state index in [2.05, 4.69) is 0 Å². The van der Waals surface area contributed by atoms with Crippen LogP contribution in [-0.2, 0) is 16.1 Å². The second kappa shape index (κ2) is 5.47. The lowest BCUT2D eigenvalue weighted by Crippen LogP contribution is -2.43.